The second-order valence-corrected chi connectivity index (χ2v) is 8.69. The molecule has 2 aromatic carbocycles. The van der Waals surface area contributed by atoms with Gasteiger partial charge in [0.15, 0.2) is 5.41 Å². The van der Waals surface area contributed by atoms with Gasteiger partial charge in [0.2, 0.25) is 0 Å². The highest BCUT2D eigenvalue weighted by atomic mass is 15.1. The van der Waals surface area contributed by atoms with Crippen LogP contribution in [0.1, 0.15) is 24.8 Å². The quantitative estimate of drug-likeness (QED) is 0.741. The van der Waals surface area contributed by atoms with E-state index in [2.05, 4.69) is 31.2 Å². The molecular weight excluding hydrogens is 394 g/mol. The van der Waals surface area contributed by atoms with Gasteiger partial charge >= 0.3 is 0 Å². The van der Waals surface area contributed by atoms with Gasteiger partial charge in [0.05, 0.1) is 43.6 Å². The molecule has 1 heterocycles. The van der Waals surface area contributed by atoms with Gasteiger partial charge in [-0.1, -0.05) is 61.5 Å². The Morgan fingerprint density at radius 1 is 1.00 bits per heavy atom. The summed E-state index contributed by atoms with van der Waals surface area (Å²) in [6.45, 7) is 4.73. The van der Waals surface area contributed by atoms with Crippen LogP contribution in [0.4, 0.5) is 0 Å². The molecule has 1 saturated carbocycles. The Bertz CT molecular complexity index is 1140. The first kappa shape index (κ1) is 21.5. The monoisotopic (exact) mass is 420 g/mol. The van der Waals surface area contributed by atoms with Crippen molar-refractivity contribution in [2.24, 2.45) is 17.3 Å². The van der Waals surface area contributed by atoms with Gasteiger partial charge in [-0.2, -0.15) is 15.8 Å². The summed E-state index contributed by atoms with van der Waals surface area (Å²) in [6.07, 6.45) is 3.13. The van der Waals surface area contributed by atoms with Crippen molar-refractivity contribution in [1.82, 2.24) is 0 Å². The molecule has 1 aliphatic heterocycles. The number of benzene rings is 2. The number of nitrogens with zero attached hydrogens (tertiary/aromatic N) is 3. The molecule has 2 N–H and O–H groups in total. The molecule has 0 radical (unpaired) electrons. The van der Waals surface area contributed by atoms with E-state index in [0.29, 0.717) is 0 Å². The zero-order chi connectivity index (χ0) is 22.7. The first-order valence-corrected chi connectivity index (χ1v) is 11.1. The molecule has 1 fully saturated rings. The third-order valence-electron chi connectivity index (χ3n) is 6.94. The number of fused-ring (bicyclic) bond motifs is 1. The van der Waals surface area contributed by atoms with Crippen LogP contribution in [0.2, 0.25) is 0 Å². The molecule has 4 rings (SSSR count). The van der Waals surface area contributed by atoms with Gasteiger partial charge in [-0.15, -0.1) is 0 Å². The molecule has 1 aliphatic carbocycles. The smallest absolute Gasteiger partial charge is 0.189 e. The molecule has 0 spiro atoms. The number of nitrogens with one attached hydrogen (secondary N) is 2. The summed E-state index contributed by atoms with van der Waals surface area (Å²) in [6, 6.07) is 24.7. The topological polar surface area (TPSA) is 99.7 Å². The average Bonchev–Trinajstić information content (AvgIpc) is 2.84. The maximum absolute atomic E-state index is 10.2. The third kappa shape index (κ3) is 3.40. The first-order chi connectivity index (χ1) is 15.6. The molecule has 5 nitrogen and oxygen atoms in total. The molecule has 0 saturated heterocycles. The molecule has 2 aliphatic rings. The molecule has 2 unspecified atom stereocenters. The van der Waals surface area contributed by atoms with Crippen molar-refractivity contribution in [2.75, 3.05) is 19.6 Å². The molecular formula is C27H26N5+. The number of hydrogen-bond donors (Lipinski definition) is 2. The number of nitriles is 3. The molecule has 2 aromatic rings. The zero-order valence-electron chi connectivity index (χ0n) is 18.2. The van der Waals surface area contributed by atoms with Gasteiger partial charge in [-0.25, -0.2) is 0 Å². The summed E-state index contributed by atoms with van der Waals surface area (Å²) in [7, 11) is 0. The van der Waals surface area contributed by atoms with Crippen molar-refractivity contribution in [1.29, 1.82) is 21.2 Å². The minimum atomic E-state index is -1.65. The van der Waals surface area contributed by atoms with Crippen molar-refractivity contribution in [3.05, 3.63) is 71.8 Å². The molecule has 0 aromatic heterocycles. The van der Waals surface area contributed by atoms with Crippen LogP contribution in [0, 0.1) is 56.7 Å². The standard InChI is InChI=1S/C27H25N5/c1-2-13-32-14-12-22-23(15-28)26(31)27(17-29,18-30)25(24(22)16-32)21-10-8-20(9-11-21)19-6-4-3-5-7-19/h3-12,23-25,31H,2,13-14,16H2,1H3/p+1/t23?,24-,25+/m0/s1. The van der Waals surface area contributed by atoms with E-state index >= 15 is 0 Å². The Morgan fingerprint density at radius 3 is 2.25 bits per heavy atom. The molecule has 0 bridgehead atoms. The minimum absolute atomic E-state index is 0.0800. The van der Waals surface area contributed by atoms with E-state index in [0.717, 1.165) is 48.3 Å². The average molecular weight is 421 g/mol. The maximum Gasteiger partial charge on any atom is 0.189 e. The van der Waals surface area contributed by atoms with Crippen LogP contribution in [0.3, 0.4) is 0 Å². The Morgan fingerprint density at radius 2 is 1.66 bits per heavy atom. The van der Waals surface area contributed by atoms with Crippen LogP contribution in [-0.2, 0) is 0 Å². The van der Waals surface area contributed by atoms with Gasteiger partial charge in [0, 0.05) is 11.8 Å². The van der Waals surface area contributed by atoms with Gasteiger partial charge in [0.1, 0.15) is 5.92 Å². The van der Waals surface area contributed by atoms with Crippen LogP contribution in [0.25, 0.3) is 11.1 Å². The lowest BCUT2D eigenvalue weighted by atomic mass is 9.54. The van der Waals surface area contributed by atoms with E-state index < -0.39 is 17.3 Å². The van der Waals surface area contributed by atoms with E-state index in [9.17, 15) is 15.8 Å². The van der Waals surface area contributed by atoms with E-state index in [1.54, 1.807) is 0 Å². The molecule has 4 atom stereocenters. The van der Waals surface area contributed by atoms with E-state index in [4.69, 9.17) is 5.41 Å². The molecule has 0 amide bonds. The molecule has 158 valence electrons. The fraction of sp³-hybridized carbons (Fsp3) is 0.333. The Hall–Kier alpha value is -3.72. The van der Waals surface area contributed by atoms with Gasteiger partial charge < -0.3 is 10.3 Å². The summed E-state index contributed by atoms with van der Waals surface area (Å²) in [5.74, 6) is -1.40. The summed E-state index contributed by atoms with van der Waals surface area (Å²) >= 11 is 0. The fourth-order valence-corrected chi connectivity index (χ4v) is 5.41. The van der Waals surface area contributed by atoms with E-state index in [1.807, 2.05) is 54.6 Å². The van der Waals surface area contributed by atoms with Crippen LogP contribution >= 0.6 is 0 Å². The number of rotatable bonds is 4. The lowest BCUT2D eigenvalue weighted by Crippen LogP contribution is -3.13. The highest BCUT2D eigenvalue weighted by molar-refractivity contribution is 6.00. The minimum Gasteiger partial charge on any atom is -0.331 e. The van der Waals surface area contributed by atoms with Crippen molar-refractivity contribution in [3.8, 4) is 29.3 Å². The lowest BCUT2D eigenvalue weighted by molar-refractivity contribution is -0.899. The molecule has 5 heteroatoms. The lowest BCUT2D eigenvalue weighted by Gasteiger charge is -2.46. The number of quaternary nitrogens is 1. The van der Waals surface area contributed by atoms with Crippen molar-refractivity contribution < 1.29 is 4.90 Å². The highest BCUT2D eigenvalue weighted by Crippen LogP contribution is 2.52. The van der Waals surface area contributed by atoms with Crippen molar-refractivity contribution in [3.63, 3.8) is 0 Å². The summed E-state index contributed by atoms with van der Waals surface area (Å²) in [5, 5.41) is 39.0. The van der Waals surface area contributed by atoms with Gasteiger partial charge in [0.25, 0.3) is 0 Å². The largest absolute Gasteiger partial charge is 0.331 e. The van der Waals surface area contributed by atoms with Crippen LogP contribution < -0.4 is 4.90 Å². The van der Waals surface area contributed by atoms with Crippen LogP contribution in [-0.4, -0.2) is 25.3 Å². The maximum atomic E-state index is 10.2. The summed E-state index contributed by atoms with van der Waals surface area (Å²) in [5.41, 5.74) is 2.23. The Kier molecular flexibility index (Phi) is 5.91. The van der Waals surface area contributed by atoms with Crippen LogP contribution in [0.15, 0.2) is 66.2 Å². The third-order valence-corrected chi connectivity index (χ3v) is 6.94. The normalized spacial score (nSPS) is 26.1. The van der Waals surface area contributed by atoms with Gasteiger partial charge in [-0.05, 0) is 34.8 Å². The SMILES string of the molecule is CCC[NH+]1CC=C2C(C#N)C(=N)C(C#N)(C#N)[C@H](c3ccc(-c4ccccc4)cc3)[C@H]2C1. The predicted molar refractivity (Wildman–Crippen MR) is 123 cm³/mol. The summed E-state index contributed by atoms with van der Waals surface area (Å²) < 4.78 is 0. The summed E-state index contributed by atoms with van der Waals surface area (Å²) in [4.78, 5) is 1.39. The fourth-order valence-electron chi connectivity index (χ4n) is 5.41. The Balaban J connectivity index is 1.83. The van der Waals surface area contributed by atoms with Crippen molar-refractivity contribution in [2.45, 2.75) is 19.3 Å². The van der Waals surface area contributed by atoms with E-state index in [1.165, 1.54) is 4.90 Å². The van der Waals surface area contributed by atoms with Gasteiger partial charge in [-0.3, -0.25) is 0 Å². The van der Waals surface area contributed by atoms with Crippen molar-refractivity contribution >= 4 is 5.71 Å². The molecule has 32 heavy (non-hydrogen) atoms. The Labute approximate surface area is 189 Å². The number of hydrogen-bond acceptors (Lipinski definition) is 4. The highest BCUT2D eigenvalue weighted by Gasteiger charge is 2.58. The predicted octanol–water partition coefficient (Wildman–Crippen LogP) is 3.50. The zero-order valence-corrected chi connectivity index (χ0v) is 18.2. The van der Waals surface area contributed by atoms with E-state index in [-0.39, 0.29) is 11.6 Å². The van der Waals surface area contributed by atoms with Crippen LogP contribution in [0.5, 0.6) is 0 Å². The second kappa shape index (κ2) is 8.80. The second-order valence-electron chi connectivity index (χ2n) is 8.69. The first-order valence-electron chi connectivity index (χ1n) is 11.1.